The molecule has 0 bridgehead atoms. The quantitative estimate of drug-likeness (QED) is 0.111. The zero-order chi connectivity index (χ0) is 43.5. The van der Waals surface area contributed by atoms with Crippen LogP contribution in [0.4, 0.5) is 0 Å². The molecule has 5 nitrogen and oxygen atoms in total. The zero-order valence-corrected chi connectivity index (χ0v) is 39.4. The summed E-state index contributed by atoms with van der Waals surface area (Å²) < 4.78 is 32.0. The van der Waals surface area contributed by atoms with Crippen molar-refractivity contribution in [3.05, 3.63) is 180 Å². The Hall–Kier alpha value is -4.50. The van der Waals surface area contributed by atoms with Gasteiger partial charge in [-0.15, -0.1) is 0 Å². The SMILES string of the molecule is CCCCP(Oc1ccccc1C(C)(C)C)(Oc1ccccc1C(C)(C)C)(OP(O)(Oc1ccccc1C(C)(C)C)(c1ccccc1)c1ccccc1)c1ccc(C)cc1. The van der Waals surface area contributed by atoms with Gasteiger partial charge < -0.3 is 0 Å². The van der Waals surface area contributed by atoms with Gasteiger partial charge in [0.1, 0.15) is 0 Å². The van der Waals surface area contributed by atoms with Gasteiger partial charge in [-0.1, -0.05) is 0 Å². The minimum atomic E-state index is -5.53. The van der Waals surface area contributed by atoms with Crippen molar-refractivity contribution in [2.45, 2.75) is 105 Å². The summed E-state index contributed by atoms with van der Waals surface area (Å²) in [6.07, 6.45) is 1.74. The van der Waals surface area contributed by atoms with Gasteiger partial charge in [-0.2, -0.15) is 0 Å². The van der Waals surface area contributed by atoms with Crippen molar-refractivity contribution in [2.75, 3.05) is 6.16 Å². The average Bonchev–Trinajstić information content (AvgIpc) is 3.20. The number of rotatable bonds is 14. The number of aryl methyl sites for hydroxylation is 1. The molecule has 0 unspecified atom stereocenters. The van der Waals surface area contributed by atoms with Gasteiger partial charge in [-0.25, -0.2) is 0 Å². The van der Waals surface area contributed by atoms with Crippen molar-refractivity contribution in [3.63, 3.8) is 0 Å². The Labute approximate surface area is 360 Å². The molecular formula is C53H66O5P2. The summed E-state index contributed by atoms with van der Waals surface area (Å²) in [6, 6.07) is 51.9. The first-order valence-electron chi connectivity index (χ1n) is 21.3. The van der Waals surface area contributed by atoms with Crippen molar-refractivity contribution in [3.8, 4) is 17.2 Å². The second-order valence-corrected chi connectivity index (χ2v) is 26.2. The van der Waals surface area contributed by atoms with Gasteiger partial charge in [0.25, 0.3) is 0 Å². The molecule has 0 amide bonds. The molecule has 7 heteroatoms. The fraction of sp³-hybridized carbons (Fsp3) is 0.321. The molecule has 1 N–H and O–H groups in total. The summed E-state index contributed by atoms with van der Waals surface area (Å²) in [6.45, 7) is 23.8. The third-order valence-corrected chi connectivity index (χ3v) is 20.1. The Morgan fingerprint density at radius 3 is 1.15 bits per heavy atom. The molecule has 0 aliphatic rings. The first kappa shape index (κ1) is 45.0. The van der Waals surface area contributed by atoms with Gasteiger partial charge in [-0.3, -0.25) is 0 Å². The van der Waals surface area contributed by atoms with E-state index in [0.717, 1.165) is 28.7 Å². The number of benzene rings is 6. The fourth-order valence-electron chi connectivity index (χ4n) is 7.86. The van der Waals surface area contributed by atoms with E-state index >= 15 is 4.89 Å². The van der Waals surface area contributed by atoms with Crippen LogP contribution in [0.2, 0.25) is 0 Å². The first-order valence-corrected chi connectivity index (χ1v) is 25.5. The molecule has 6 rings (SSSR count). The van der Waals surface area contributed by atoms with Crippen LogP contribution in [0.3, 0.4) is 0 Å². The molecular weight excluding hydrogens is 779 g/mol. The van der Waals surface area contributed by atoms with E-state index in [1.165, 1.54) is 0 Å². The third kappa shape index (κ3) is 8.93. The molecule has 60 heavy (non-hydrogen) atoms. The minimum absolute atomic E-state index is 0.296. The summed E-state index contributed by atoms with van der Waals surface area (Å²) in [7, 11) is -10.7. The molecule has 0 saturated heterocycles. The van der Waals surface area contributed by atoms with Gasteiger partial charge in [-0.05, 0) is 0 Å². The molecule has 0 atom stereocenters. The van der Waals surface area contributed by atoms with Crippen molar-refractivity contribution in [1.82, 2.24) is 0 Å². The molecule has 6 aromatic carbocycles. The molecule has 0 spiro atoms. The number of hydrogen-bond acceptors (Lipinski definition) is 5. The molecule has 0 fully saturated rings. The van der Waals surface area contributed by atoms with E-state index < -0.39 is 14.6 Å². The molecule has 0 saturated carbocycles. The Morgan fingerprint density at radius 2 is 0.783 bits per heavy atom. The maximum atomic E-state index is 15.0. The van der Waals surface area contributed by atoms with Crippen molar-refractivity contribution >= 4 is 30.5 Å². The molecule has 6 aromatic rings. The van der Waals surface area contributed by atoms with Gasteiger partial charge in [0, 0.05) is 0 Å². The Bertz CT molecular complexity index is 2270. The third-order valence-electron chi connectivity index (χ3n) is 11.1. The normalized spacial score (nSPS) is 14.0. The van der Waals surface area contributed by atoms with E-state index in [-0.39, 0.29) is 16.2 Å². The number of hydrogen-bond donors (Lipinski definition) is 1. The second-order valence-electron chi connectivity index (χ2n) is 19.1. The van der Waals surface area contributed by atoms with Crippen LogP contribution in [-0.2, 0) is 20.6 Å². The van der Waals surface area contributed by atoms with E-state index in [2.05, 4.69) is 119 Å². The van der Waals surface area contributed by atoms with Crippen molar-refractivity contribution in [1.29, 1.82) is 0 Å². The fourth-order valence-corrected chi connectivity index (χ4v) is 18.0. The van der Waals surface area contributed by atoms with Crippen LogP contribution in [0, 0.1) is 6.92 Å². The van der Waals surface area contributed by atoms with Crippen LogP contribution in [0.25, 0.3) is 0 Å². The van der Waals surface area contributed by atoms with Crippen molar-refractivity contribution < 1.29 is 22.8 Å². The van der Waals surface area contributed by atoms with E-state index in [1.54, 1.807) is 0 Å². The number of para-hydroxylation sites is 3. The van der Waals surface area contributed by atoms with Crippen LogP contribution in [-0.4, -0.2) is 11.1 Å². The zero-order valence-electron chi connectivity index (χ0n) is 37.6. The summed E-state index contributed by atoms with van der Waals surface area (Å²) in [5.41, 5.74) is 2.94. The Morgan fingerprint density at radius 1 is 0.433 bits per heavy atom. The first-order chi connectivity index (χ1) is 28.2. The second kappa shape index (κ2) is 16.8. The van der Waals surface area contributed by atoms with Gasteiger partial charge in [0.2, 0.25) is 0 Å². The van der Waals surface area contributed by atoms with Crippen LogP contribution < -0.4 is 29.5 Å². The predicted molar refractivity (Wildman–Crippen MR) is 257 cm³/mol. The standard InChI is InChI=1S/C53H66O5P2/c1-12-13-40-59(42-38-36-41(2)37-39-42,55-48-33-23-20-30-45(48)51(3,4)5,56-49-34-24-21-31-46(49)52(6,7)8)58-60(54,43-26-16-14-17-27-43,44-28-18-15-19-29-44)57-50-35-25-22-32-47(50)53(9,10)11/h14-39,54H,12-13,40H2,1-11H3. The Balaban J connectivity index is 1.89. The van der Waals surface area contributed by atoms with Crippen molar-refractivity contribution in [2.24, 2.45) is 0 Å². The maximum absolute atomic E-state index is 15.0. The van der Waals surface area contributed by atoms with E-state index in [9.17, 15) is 0 Å². The molecule has 0 aliphatic carbocycles. The van der Waals surface area contributed by atoms with Gasteiger partial charge >= 0.3 is 362 Å². The monoisotopic (exact) mass is 844 g/mol. The van der Waals surface area contributed by atoms with Crippen LogP contribution in [0.1, 0.15) is 104 Å². The van der Waals surface area contributed by atoms with Crippen LogP contribution in [0.5, 0.6) is 17.2 Å². The van der Waals surface area contributed by atoms with E-state index in [0.29, 0.717) is 45.7 Å². The van der Waals surface area contributed by atoms with Crippen LogP contribution in [0.15, 0.2) is 158 Å². The summed E-state index contributed by atoms with van der Waals surface area (Å²) in [5.74, 6) is 1.75. The molecule has 0 aliphatic heterocycles. The molecule has 318 valence electrons. The summed E-state index contributed by atoms with van der Waals surface area (Å²) >= 11 is 0. The summed E-state index contributed by atoms with van der Waals surface area (Å²) in [5, 5.41) is 1.67. The Kier molecular flexibility index (Phi) is 12.6. The molecule has 0 heterocycles. The number of unbranched alkanes of at least 4 members (excludes halogenated alkanes) is 1. The van der Waals surface area contributed by atoms with E-state index in [1.807, 2.05) is 115 Å². The molecule has 0 aromatic heterocycles. The van der Waals surface area contributed by atoms with Gasteiger partial charge in [0.05, 0.1) is 0 Å². The average molecular weight is 845 g/mol. The van der Waals surface area contributed by atoms with E-state index in [4.69, 9.17) is 17.9 Å². The van der Waals surface area contributed by atoms with Gasteiger partial charge in [0.15, 0.2) is 0 Å². The molecule has 0 radical (unpaired) electrons. The predicted octanol–water partition coefficient (Wildman–Crippen LogP) is 13.8. The van der Waals surface area contributed by atoms with Crippen LogP contribution >= 0.6 is 14.6 Å². The topological polar surface area (TPSA) is 57.2 Å². The summed E-state index contributed by atoms with van der Waals surface area (Å²) in [4.78, 5) is 15.0.